The molecule has 0 heterocycles. The summed E-state index contributed by atoms with van der Waals surface area (Å²) >= 11 is 0. The van der Waals surface area contributed by atoms with Crippen LogP contribution in [0.25, 0.3) is 0 Å². The summed E-state index contributed by atoms with van der Waals surface area (Å²) in [5.74, 6) is -83.5. The highest BCUT2D eigenvalue weighted by molar-refractivity contribution is 7.90. The van der Waals surface area contributed by atoms with Gasteiger partial charge < -0.3 is 19.8 Å². The Morgan fingerprint density at radius 2 is 0.824 bits per heavy atom. The normalized spacial score (nSPS) is 17.5. The Balaban J connectivity index is 7.05. The van der Waals surface area contributed by atoms with Crippen LogP contribution in [0, 0.1) is 0 Å². The van der Waals surface area contributed by atoms with Gasteiger partial charge in [0.05, 0.1) is 39.9 Å². The van der Waals surface area contributed by atoms with Crippen molar-refractivity contribution in [3.8, 4) is 0 Å². The molecule has 51 heavy (non-hydrogen) atoms. The van der Waals surface area contributed by atoms with E-state index in [1.807, 2.05) is 0 Å². The number of aliphatic hydroxyl groups excluding tert-OH is 3. The summed E-state index contributed by atoms with van der Waals surface area (Å²) in [4.78, 5) is 0. The molecule has 0 saturated heterocycles. The van der Waals surface area contributed by atoms with Crippen LogP contribution in [0.2, 0.25) is 0 Å². The average molecular weight is 839 g/mol. The molecule has 0 aromatic rings. The zero-order valence-electron chi connectivity index (χ0n) is 24.4. The third kappa shape index (κ3) is 7.47. The van der Waals surface area contributed by atoms with E-state index in [2.05, 4.69) is 0 Å². The molecule has 0 aromatic heterocycles. The topological polar surface area (TPSA) is 107 Å². The number of aliphatic hydroxyl groups is 3. The van der Waals surface area contributed by atoms with E-state index in [4.69, 9.17) is 10.2 Å². The fraction of sp³-hybridized carbons (Fsp3) is 1.00. The molecule has 0 saturated carbocycles. The average Bonchev–Trinajstić information content (AvgIpc) is 2.93. The summed E-state index contributed by atoms with van der Waals surface area (Å²) in [6.45, 7) is -3.87. The lowest BCUT2D eigenvalue weighted by Gasteiger charge is -2.45. The molecule has 0 radical (unpaired) electrons. The third-order valence-corrected chi connectivity index (χ3v) is 8.33. The van der Waals surface area contributed by atoms with Crippen molar-refractivity contribution in [2.45, 2.75) is 83.3 Å². The van der Waals surface area contributed by atoms with Crippen LogP contribution in [0.15, 0.2) is 0 Å². The van der Waals surface area contributed by atoms with Crippen molar-refractivity contribution in [3.05, 3.63) is 0 Å². The van der Waals surface area contributed by atoms with Crippen LogP contribution in [0.4, 0.5) is 101 Å². The van der Waals surface area contributed by atoms with Gasteiger partial charge >= 0.3 is 64.7 Å². The van der Waals surface area contributed by atoms with E-state index >= 15 is 0 Å². The van der Waals surface area contributed by atoms with Crippen LogP contribution in [0.5, 0.6) is 0 Å². The van der Waals surface area contributed by atoms with Crippen molar-refractivity contribution >= 4 is 10.0 Å². The largest absolute Gasteiger partial charge is 0.460 e. The number of sulfonamides is 1. The quantitative estimate of drug-likeness (QED) is 0.109. The lowest BCUT2D eigenvalue weighted by atomic mass is 9.86. The molecule has 0 fully saturated rings. The van der Waals surface area contributed by atoms with E-state index in [0.717, 1.165) is 14.1 Å². The summed E-state index contributed by atoms with van der Waals surface area (Å²) in [5.41, 5.74) is 0. The van der Waals surface area contributed by atoms with Crippen LogP contribution in [0.3, 0.4) is 0 Å². The van der Waals surface area contributed by atoms with Crippen molar-refractivity contribution in [2.24, 2.45) is 0 Å². The Morgan fingerprint density at radius 3 is 1.10 bits per heavy atom. The van der Waals surface area contributed by atoms with Crippen molar-refractivity contribution in [2.75, 3.05) is 40.4 Å². The molecule has 4 N–H and O–H groups in total. The maximum atomic E-state index is 14.4. The minimum Gasteiger partial charge on any atom is -0.395 e. The van der Waals surface area contributed by atoms with Crippen molar-refractivity contribution in [1.29, 1.82) is 0 Å². The number of hydrogen-bond acceptors (Lipinski definition) is 5. The highest BCUT2D eigenvalue weighted by atomic mass is 32.2. The van der Waals surface area contributed by atoms with Crippen molar-refractivity contribution < 1.29 is 129 Å². The summed E-state index contributed by atoms with van der Waals surface area (Å²) < 4.78 is 336. The van der Waals surface area contributed by atoms with Crippen molar-refractivity contribution in [3.63, 3.8) is 0 Å². The third-order valence-electron chi connectivity index (χ3n) is 6.75. The molecule has 2 atom stereocenters. The van der Waals surface area contributed by atoms with Gasteiger partial charge in [0.25, 0.3) is 10.0 Å². The number of nitrogens with zero attached hydrogens (tertiary/aromatic N) is 1. The number of rotatable bonds is 19. The summed E-state index contributed by atoms with van der Waals surface area (Å²) in [6.07, 6.45) is -10.8. The fourth-order valence-electron chi connectivity index (χ4n) is 3.62. The van der Waals surface area contributed by atoms with Crippen LogP contribution in [-0.4, -0.2) is 145 Å². The Kier molecular flexibility index (Phi) is 13.3. The number of likely N-dealkylation sites (N-methyl/N-ethyl adjacent to an activating group) is 1. The summed E-state index contributed by atoms with van der Waals surface area (Å²) in [5, 5.41) is 19.3. The molecule has 0 bridgehead atoms. The second-order valence-corrected chi connectivity index (χ2v) is 12.9. The predicted molar refractivity (Wildman–Crippen MR) is 118 cm³/mol. The Bertz CT molecular complexity index is 1320. The monoisotopic (exact) mass is 839 g/mol. The predicted octanol–water partition coefficient (Wildman–Crippen LogP) is 4.96. The first-order valence-corrected chi connectivity index (χ1v) is 13.9. The van der Waals surface area contributed by atoms with Crippen molar-refractivity contribution in [1.82, 2.24) is 4.72 Å². The lowest BCUT2D eigenvalue weighted by molar-refractivity contribution is -0.893. The molecular formula is C20H22F23N2O5S+. The number of hydrogen-bond donors (Lipinski definition) is 4. The van der Waals surface area contributed by atoms with E-state index in [-0.39, 0.29) is 0 Å². The summed E-state index contributed by atoms with van der Waals surface area (Å²) in [6, 6.07) is -2.59. The molecule has 31 heteroatoms. The second-order valence-electron chi connectivity index (χ2n) is 11.2. The highest BCUT2D eigenvalue weighted by Gasteiger charge is 2.99. The van der Waals surface area contributed by atoms with Crippen LogP contribution >= 0.6 is 0 Å². The Labute approximate surface area is 268 Å². The van der Waals surface area contributed by atoms with Crippen LogP contribution < -0.4 is 4.72 Å². The first kappa shape index (κ1) is 49.1. The molecule has 7 nitrogen and oxygen atoms in total. The van der Waals surface area contributed by atoms with Crippen LogP contribution in [-0.2, 0) is 10.0 Å². The highest BCUT2D eigenvalue weighted by Crippen LogP contribution is 2.67. The number of nitrogens with one attached hydrogen (secondary N) is 1. The van der Waals surface area contributed by atoms with Gasteiger partial charge in [-0.15, -0.1) is 0 Å². The molecule has 0 aliphatic heterocycles. The van der Waals surface area contributed by atoms with Gasteiger partial charge in [0.1, 0.15) is 12.6 Å². The van der Waals surface area contributed by atoms with E-state index in [0.29, 0.717) is 4.72 Å². The molecule has 0 spiro atoms. The SMILES string of the molecule is C[N+](C)(CCC(CO)NS(=O)(=O)C(F)(F)C(F)(F)C(F)(F)C(F)(F)C(F)(F)C(F)(F)C(F)(F)C(F)(F)C(F)(F)C(F)(F)C(F)(F)F)CC(O)CO. The van der Waals surface area contributed by atoms with Gasteiger partial charge in [0.2, 0.25) is 0 Å². The first-order chi connectivity index (χ1) is 21.8. The molecular weight excluding hydrogens is 817 g/mol. The maximum Gasteiger partial charge on any atom is 0.460 e. The molecule has 2 unspecified atom stereocenters. The van der Waals surface area contributed by atoms with Gasteiger partial charge in [-0.1, -0.05) is 0 Å². The lowest BCUT2D eigenvalue weighted by Crippen LogP contribution is -2.78. The number of halogens is 23. The molecule has 0 aliphatic carbocycles. The fourth-order valence-corrected chi connectivity index (χ4v) is 4.86. The Morgan fingerprint density at radius 1 is 0.529 bits per heavy atom. The Hall–Kier alpha value is -1.86. The smallest absolute Gasteiger partial charge is 0.395 e. The maximum absolute atomic E-state index is 14.4. The molecule has 0 aliphatic rings. The van der Waals surface area contributed by atoms with Gasteiger partial charge in [-0.3, -0.25) is 0 Å². The van der Waals surface area contributed by atoms with E-state index in [9.17, 15) is 115 Å². The first-order valence-electron chi connectivity index (χ1n) is 12.4. The molecule has 0 rings (SSSR count). The van der Waals surface area contributed by atoms with Crippen LogP contribution in [0.1, 0.15) is 6.42 Å². The van der Waals surface area contributed by atoms with E-state index < -0.39 is 124 Å². The zero-order chi connectivity index (χ0) is 41.9. The summed E-state index contributed by atoms with van der Waals surface area (Å²) in [7, 11) is -5.61. The molecule has 308 valence electrons. The number of alkyl halides is 23. The van der Waals surface area contributed by atoms with Gasteiger partial charge in [-0.2, -0.15) is 101 Å². The zero-order valence-corrected chi connectivity index (χ0v) is 25.2. The molecule has 0 aromatic carbocycles. The van der Waals surface area contributed by atoms with Gasteiger partial charge in [-0.25, -0.2) is 13.1 Å². The molecule has 0 amide bonds. The number of quaternary nitrogens is 1. The minimum atomic E-state index is -9.62. The van der Waals surface area contributed by atoms with E-state index in [1.165, 1.54) is 0 Å². The minimum absolute atomic E-state index is 0.300. The van der Waals surface area contributed by atoms with Gasteiger partial charge in [0.15, 0.2) is 0 Å². The standard InChI is InChI=1S/C20H22F23N2O5S/c1-45(2,5-9(48)7-47)4-3-8(6-46)44-51(49,50)20(42,43)18(37,38)16(33,34)14(29,30)12(25,26)10(21,22)11(23,24)13(27,28)15(31,32)17(35,36)19(39,40)41/h8-9,44,46-48H,3-7H2,1-2H3/q+1. The van der Waals surface area contributed by atoms with E-state index in [1.54, 1.807) is 0 Å². The van der Waals surface area contributed by atoms with Gasteiger partial charge in [-0.05, 0) is 0 Å². The second kappa shape index (κ2) is 13.8. The van der Waals surface area contributed by atoms with Gasteiger partial charge in [0, 0.05) is 6.42 Å².